The second-order valence-corrected chi connectivity index (χ2v) is 3.30. The highest BCUT2D eigenvalue weighted by Crippen LogP contribution is 2.13. The van der Waals surface area contributed by atoms with E-state index in [1.165, 1.54) is 5.01 Å². The lowest BCUT2D eigenvalue weighted by molar-refractivity contribution is -0.126. The normalized spacial score (nSPS) is 12.9. The highest BCUT2D eigenvalue weighted by Gasteiger charge is 2.19. The third-order valence-corrected chi connectivity index (χ3v) is 1.68. The number of nitrogens with one attached hydrogen (secondary N) is 1. The van der Waals surface area contributed by atoms with Gasteiger partial charge >= 0.3 is 0 Å². The molecule has 3 N–H and O–H groups in total. The predicted molar refractivity (Wildman–Crippen MR) is 52.2 cm³/mol. The molecule has 1 aromatic heterocycles. The van der Waals surface area contributed by atoms with Crippen LogP contribution < -0.4 is 11.2 Å². The van der Waals surface area contributed by atoms with Crippen LogP contribution in [0.3, 0.4) is 0 Å². The maximum absolute atomic E-state index is 11.4. The third-order valence-electron chi connectivity index (χ3n) is 1.68. The topological polar surface area (TPSA) is 71.5 Å². The Labute approximate surface area is 82.8 Å². The number of carbonyl (C=O) groups excluding carboxylic acids is 1. The maximum atomic E-state index is 11.4. The molecule has 0 fully saturated rings. The van der Waals surface area contributed by atoms with E-state index in [4.69, 9.17) is 10.2 Å². The summed E-state index contributed by atoms with van der Waals surface area (Å²) in [6, 6.07) is 2.72. The van der Waals surface area contributed by atoms with Crippen molar-refractivity contribution in [3.05, 3.63) is 23.7 Å². The van der Waals surface area contributed by atoms with Gasteiger partial charge in [0.1, 0.15) is 17.6 Å². The monoisotopic (exact) mass is 197 g/mol. The van der Waals surface area contributed by atoms with Crippen LogP contribution in [0.2, 0.25) is 0 Å². The van der Waals surface area contributed by atoms with Crippen molar-refractivity contribution in [1.82, 2.24) is 10.4 Å². The predicted octanol–water partition coefficient (Wildman–Crippen LogP) is 0.181. The Kier molecular flexibility index (Phi) is 3.27. The van der Waals surface area contributed by atoms with E-state index in [0.717, 1.165) is 5.76 Å². The van der Waals surface area contributed by atoms with Gasteiger partial charge in [-0.3, -0.25) is 10.2 Å². The summed E-state index contributed by atoms with van der Waals surface area (Å²) in [4.78, 5) is 11.4. The van der Waals surface area contributed by atoms with Gasteiger partial charge in [0.05, 0.1) is 0 Å². The number of furan rings is 1. The minimum atomic E-state index is -0.758. The lowest BCUT2D eigenvalue weighted by atomic mass is 10.2. The molecule has 5 heteroatoms. The fraction of sp³-hybridized carbons (Fsp3) is 0.444. The van der Waals surface area contributed by atoms with Gasteiger partial charge in [0.15, 0.2) is 0 Å². The van der Waals surface area contributed by atoms with Gasteiger partial charge in [-0.05, 0) is 19.1 Å². The molecule has 0 aliphatic carbocycles. The molecule has 5 nitrogen and oxygen atoms in total. The highest BCUT2D eigenvalue weighted by atomic mass is 16.3. The third kappa shape index (κ3) is 2.58. The molecule has 0 radical (unpaired) electrons. The van der Waals surface area contributed by atoms with Crippen molar-refractivity contribution >= 4 is 5.91 Å². The van der Waals surface area contributed by atoms with Crippen LogP contribution in [0.4, 0.5) is 0 Å². The van der Waals surface area contributed by atoms with E-state index in [1.54, 1.807) is 33.2 Å². The lowest BCUT2D eigenvalue weighted by Crippen LogP contribution is -2.41. The molecule has 0 aliphatic heterocycles. The second kappa shape index (κ2) is 4.26. The zero-order valence-electron chi connectivity index (χ0n) is 8.57. The van der Waals surface area contributed by atoms with Gasteiger partial charge in [-0.2, -0.15) is 0 Å². The number of hydrogen-bond acceptors (Lipinski definition) is 4. The van der Waals surface area contributed by atoms with Gasteiger partial charge < -0.3 is 10.2 Å². The molecule has 1 unspecified atom stereocenters. The second-order valence-electron chi connectivity index (χ2n) is 3.30. The van der Waals surface area contributed by atoms with E-state index >= 15 is 0 Å². The quantitative estimate of drug-likeness (QED) is 0.678. The fourth-order valence-electron chi connectivity index (χ4n) is 1.04. The van der Waals surface area contributed by atoms with E-state index in [0.29, 0.717) is 5.76 Å². The largest absolute Gasteiger partial charge is 0.464 e. The van der Waals surface area contributed by atoms with Crippen molar-refractivity contribution in [1.29, 1.82) is 0 Å². The molecule has 14 heavy (non-hydrogen) atoms. The molecule has 0 aliphatic rings. The van der Waals surface area contributed by atoms with Crippen molar-refractivity contribution in [3.63, 3.8) is 0 Å². The summed E-state index contributed by atoms with van der Waals surface area (Å²) < 4.78 is 5.24. The number of hydrazine groups is 1. The van der Waals surface area contributed by atoms with Crippen LogP contribution in [0, 0.1) is 6.92 Å². The molecule has 1 heterocycles. The summed E-state index contributed by atoms with van der Waals surface area (Å²) in [6.07, 6.45) is 0. The number of amides is 1. The Hall–Kier alpha value is -1.33. The SMILES string of the molecule is Cc1ccc(C(N)C(=O)NN(C)C)o1. The van der Waals surface area contributed by atoms with Crippen molar-refractivity contribution in [2.45, 2.75) is 13.0 Å². The van der Waals surface area contributed by atoms with E-state index in [9.17, 15) is 4.79 Å². The number of nitrogens with two attached hydrogens (primary N) is 1. The first-order valence-electron chi connectivity index (χ1n) is 4.30. The van der Waals surface area contributed by atoms with Crippen LogP contribution in [0.15, 0.2) is 16.5 Å². The average molecular weight is 197 g/mol. The Balaban J connectivity index is 2.65. The van der Waals surface area contributed by atoms with Gasteiger partial charge in [0.2, 0.25) is 0 Å². The molecule has 0 saturated heterocycles. The number of aryl methyl sites for hydroxylation is 1. The first-order chi connectivity index (χ1) is 6.50. The number of carbonyl (C=O) groups is 1. The summed E-state index contributed by atoms with van der Waals surface area (Å²) in [6.45, 7) is 1.81. The molecule has 78 valence electrons. The van der Waals surface area contributed by atoms with Gasteiger partial charge in [0.25, 0.3) is 5.91 Å². The maximum Gasteiger partial charge on any atom is 0.259 e. The Bertz CT molecular complexity index is 320. The fourth-order valence-corrected chi connectivity index (χ4v) is 1.04. The Morgan fingerprint density at radius 1 is 1.57 bits per heavy atom. The first kappa shape index (κ1) is 10.7. The summed E-state index contributed by atoms with van der Waals surface area (Å²) in [5.41, 5.74) is 8.23. The number of nitrogens with zero attached hydrogens (tertiary/aromatic N) is 1. The Morgan fingerprint density at radius 2 is 2.21 bits per heavy atom. The van der Waals surface area contributed by atoms with Crippen LogP contribution in [0.25, 0.3) is 0 Å². The van der Waals surface area contributed by atoms with E-state index < -0.39 is 6.04 Å². The molecule has 0 aromatic carbocycles. The van der Waals surface area contributed by atoms with Crippen LogP contribution in [0.5, 0.6) is 0 Å². The molecular formula is C9H15N3O2. The van der Waals surface area contributed by atoms with Gasteiger partial charge in [-0.15, -0.1) is 0 Å². The van der Waals surface area contributed by atoms with Crippen LogP contribution in [-0.4, -0.2) is 25.0 Å². The van der Waals surface area contributed by atoms with Crippen molar-refractivity contribution in [2.24, 2.45) is 5.73 Å². The first-order valence-corrected chi connectivity index (χ1v) is 4.30. The van der Waals surface area contributed by atoms with Gasteiger partial charge in [0, 0.05) is 14.1 Å². The minimum Gasteiger partial charge on any atom is -0.464 e. The molecule has 1 aromatic rings. The Morgan fingerprint density at radius 3 is 2.64 bits per heavy atom. The summed E-state index contributed by atoms with van der Waals surface area (Å²) >= 11 is 0. The summed E-state index contributed by atoms with van der Waals surface area (Å²) in [7, 11) is 3.44. The molecule has 0 bridgehead atoms. The molecule has 1 rings (SSSR count). The van der Waals surface area contributed by atoms with Crippen LogP contribution in [-0.2, 0) is 4.79 Å². The van der Waals surface area contributed by atoms with Crippen LogP contribution >= 0.6 is 0 Å². The zero-order chi connectivity index (χ0) is 10.7. The van der Waals surface area contributed by atoms with Crippen LogP contribution in [0.1, 0.15) is 17.6 Å². The molecule has 1 atom stereocenters. The van der Waals surface area contributed by atoms with E-state index in [1.807, 2.05) is 0 Å². The standard InChI is InChI=1S/C9H15N3O2/c1-6-4-5-7(14-6)8(10)9(13)11-12(2)3/h4-5,8H,10H2,1-3H3,(H,11,13). The highest BCUT2D eigenvalue weighted by molar-refractivity contribution is 5.81. The molecule has 0 saturated carbocycles. The zero-order valence-corrected chi connectivity index (χ0v) is 8.57. The van der Waals surface area contributed by atoms with E-state index in [2.05, 4.69) is 5.43 Å². The molecule has 1 amide bonds. The van der Waals surface area contributed by atoms with Crippen molar-refractivity contribution < 1.29 is 9.21 Å². The van der Waals surface area contributed by atoms with Gasteiger partial charge in [-0.1, -0.05) is 0 Å². The molecule has 0 spiro atoms. The average Bonchev–Trinajstić information content (AvgIpc) is 2.49. The van der Waals surface area contributed by atoms with Gasteiger partial charge in [-0.25, -0.2) is 5.01 Å². The summed E-state index contributed by atoms with van der Waals surface area (Å²) in [5, 5.41) is 1.54. The number of hydrogen-bond donors (Lipinski definition) is 2. The summed E-state index contributed by atoms with van der Waals surface area (Å²) in [5.74, 6) is 0.930. The van der Waals surface area contributed by atoms with E-state index in [-0.39, 0.29) is 5.91 Å². The number of rotatable bonds is 3. The minimum absolute atomic E-state index is 0.288. The molecular weight excluding hydrogens is 182 g/mol. The lowest BCUT2D eigenvalue weighted by Gasteiger charge is -2.14. The smallest absolute Gasteiger partial charge is 0.259 e. The van der Waals surface area contributed by atoms with Crippen molar-refractivity contribution in [2.75, 3.05) is 14.1 Å². The van der Waals surface area contributed by atoms with Crippen molar-refractivity contribution in [3.8, 4) is 0 Å².